The summed E-state index contributed by atoms with van der Waals surface area (Å²) in [6.45, 7) is 1.79. The molecule has 0 bridgehead atoms. The Labute approximate surface area is 176 Å². The highest BCUT2D eigenvalue weighted by molar-refractivity contribution is 7.99. The average Bonchev–Trinajstić information content (AvgIpc) is 3.33. The normalized spacial score (nSPS) is 10.9. The number of thioether (sulfide) groups is 1. The van der Waals surface area contributed by atoms with Crippen molar-refractivity contribution >= 4 is 23.4 Å². The van der Waals surface area contributed by atoms with Gasteiger partial charge in [-0.05, 0) is 31.2 Å². The van der Waals surface area contributed by atoms with Crippen molar-refractivity contribution in [1.29, 1.82) is 0 Å². The van der Waals surface area contributed by atoms with Gasteiger partial charge in [-0.1, -0.05) is 30.0 Å². The van der Waals surface area contributed by atoms with Crippen LogP contribution in [-0.4, -0.2) is 41.2 Å². The molecule has 2 N–H and O–H groups in total. The molecule has 4 aromatic rings. The minimum absolute atomic E-state index is 0.0761. The van der Waals surface area contributed by atoms with Crippen LogP contribution in [0.2, 0.25) is 0 Å². The van der Waals surface area contributed by atoms with Crippen molar-refractivity contribution in [2.75, 3.05) is 11.1 Å². The molecule has 4 rings (SSSR count). The van der Waals surface area contributed by atoms with Crippen LogP contribution in [0.1, 0.15) is 5.69 Å². The van der Waals surface area contributed by atoms with Crippen LogP contribution in [0.25, 0.3) is 17.1 Å². The molecule has 0 radical (unpaired) electrons. The minimum Gasteiger partial charge on any atom is -0.319 e. The third-order valence-corrected chi connectivity index (χ3v) is 5.42. The second-order valence-electron chi connectivity index (χ2n) is 6.48. The van der Waals surface area contributed by atoms with E-state index in [0.717, 1.165) is 11.3 Å². The topological polar surface area (TPSA) is 110 Å². The Hall–Kier alpha value is -3.66. The molecule has 0 spiro atoms. The van der Waals surface area contributed by atoms with E-state index in [1.54, 1.807) is 31.0 Å². The van der Waals surface area contributed by atoms with Gasteiger partial charge in [0.2, 0.25) is 11.1 Å². The third-order valence-electron chi connectivity index (χ3n) is 4.57. The number of para-hydroxylation sites is 1. The summed E-state index contributed by atoms with van der Waals surface area (Å²) in [6, 6.07) is 12.9. The van der Waals surface area contributed by atoms with Gasteiger partial charge in [-0.15, -0.1) is 5.10 Å². The Morgan fingerprint density at radius 3 is 2.63 bits per heavy atom. The Morgan fingerprint density at radius 2 is 1.90 bits per heavy atom. The molecule has 0 fully saturated rings. The molecule has 1 amide bonds. The molecule has 0 unspecified atom stereocenters. The van der Waals surface area contributed by atoms with Crippen LogP contribution in [0.5, 0.6) is 0 Å². The maximum Gasteiger partial charge on any atom is 0.295 e. The van der Waals surface area contributed by atoms with Gasteiger partial charge in [-0.2, -0.15) is 0 Å². The van der Waals surface area contributed by atoms with Gasteiger partial charge in [0, 0.05) is 25.0 Å². The summed E-state index contributed by atoms with van der Waals surface area (Å²) in [5, 5.41) is 10.1. The number of anilines is 1. The summed E-state index contributed by atoms with van der Waals surface area (Å²) in [7, 11) is 1.78. The zero-order valence-corrected chi connectivity index (χ0v) is 17.2. The number of amides is 1. The van der Waals surface area contributed by atoms with Crippen molar-refractivity contribution in [3.8, 4) is 17.1 Å². The second kappa shape index (κ2) is 8.37. The lowest BCUT2D eigenvalue weighted by Crippen LogP contribution is -2.23. The van der Waals surface area contributed by atoms with Crippen LogP contribution < -0.4 is 10.9 Å². The average molecular weight is 421 g/mol. The number of benzene rings is 1. The van der Waals surface area contributed by atoms with Gasteiger partial charge < -0.3 is 5.32 Å². The molecule has 0 aliphatic rings. The van der Waals surface area contributed by atoms with Crippen LogP contribution in [0, 0.1) is 6.92 Å². The van der Waals surface area contributed by atoms with Crippen LogP contribution in [0.3, 0.4) is 0 Å². The smallest absolute Gasteiger partial charge is 0.295 e. The fourth-order valence-corrected chi connectivity index (χ4v) is 3.57. The number of aromatic amines is 1. The lowest BCUT2D eigenvalue weighted by molar-refractivity contribution is -0.113. The number of hydrogen-bond acceptors (Lipinski definition) is 6. The zero-order valence-electron chi connectivity index (χ0n) is 16.4. The maximum absolute atomic E-state index is 12.9. The molecule has 0 atom stereocenters. The number of nitrogens with one attached hydrogen (secondary N) is 2. The van der Waals surface area contributed by atoms with Crippen LogP contribution >= 0.6 is 11.8 Å². The summed E-state index contributed by atoms with van der Waals surface area (Å²) in [5.74, 6) is 0.374. The molecule has 30 heavy (non-hydrogen) atoms. The number of nitrogens with zero attached hydrogens (tertiary/aromatic N) is 5. The first-order valence-corrected chi connectivity index (χ1v) is 10.1. The maximum atomic E-state index is 12.9. The van der Waals surface area contributed by atoms with Gasteiger partial charge in [0.05, 0.1) is 17.1 Å². The number of H-pyrrole nitrogens is 1. The highest BCUT2D eigenvalue weighted by Gasteiger charge is 2.18. The quantitative estimate of drug-likeness (QED) is 0.463. The fraction of sp³-hybridized carbons (Fsp3) is 0.150. The predicted octanol–water partition coefficient (Wildman–Crippen LogP) is 2.40. The molecule has 9 nitrogen and oxygen atoms in total. The summed E-state index contributed by atoms with van der Waals surface area (Å²) >= 11 is 1.19. The Kier molecular flexibility index (Phi) is 5.48. The summed E-state index contributed by atoms with van der Waals surface area (Å²) in [6.07, 6.45) is 3.34. The van der Waals surface area contributed by atoms with E-state index >= 15 is 0 Å². The number of pyridine rings is 1. The van der Waals surface area contributed by atoms with E-state index in [0.29, 0.717) is 16.7 Å². The molecule has 0 saturated carbocycles. The largest absolute Gasteiger partial charge is 0.319 e. The van der Waals surface area contributed by atoms with Crippen LogP contribution in [0.15, 0.2) is 64.8 Å². The zero-order chi connectivity index (χ0) is 21.1. The summed E-state index contributed by atoms with van der Waals surface area (Å²) in [4.78, 5) is 33.7. The predicted molar refractivity (Wildman–Crippen MR) is 115 cm³/mol. The highest BCUT2D eigenvalue weighted by Crippen LogP contribution is 2.19. The van der Waals surface area contributed by atoms with Gasteiger partial charge in [0.15, 0.2) is 5.82 Å². The molecule has 1 aromatic carbocycles. The molecular formula is C20H19N7O2S. The molecule has 0 aliphatic heterocycles. The fourth-order valence-electron chi connectivity index (χ4n) is 2.97. The first-order chi connectivity index (χ1) is 14.5. The van der Waals surface area contributed by atoms with Crippen LogP contribution in [-0.2, 0) is 11.8 Å². The summed E-state index contributed by atoms with van der Waals surface area (Å²) in [5.41, 5.74) is 2.24. The first kappa shape index (κ1) is 19.6. The van der Waals surface area contributed by atoms with Gasteiger partial charge in [-0.25, -0.2) is 9.67 Å². The standard InChI is InChI=1S/C20H19N7O2S/c1-13-17(19(29)27(26(13)2)15-6-4-3-5-7-15)22-16(28)12-30-20-23-18(24-25-20)14-8-10-21-11-9-14/h3-11H,12H2,1-2H3,(H,22,28)(H,23,24,25). The van der Waals surface area contributed by atoms with E-state index in [9.17, 15) is 9.59 Å². The molecular weight excluding hydrogens is 402 g/mol. The number of carbonyl (C=O) groups is 1. The second-order valence-corrected chi connectivity index (χ2v) is 7.42. The van der Waals surface area contributed by atoms with E-state index in [4.69, 9.17) is 0 Å². The number of rotatable bonds is 6. The Bertz CT molecular complexity index is 1230. The van der Waals surface area contributed by atoms with Crippen molar-refractivity contribution in [2.24, 2.45) is 7.05 Å². The van der Waals surface area contributed by atoms with Gasteiger partial charge in [0.25, 0.3) is 5.56 Å². The SMILES string of the molecule is Cc1c(NC(=O)CSc2n[nH]c(-c3ccncc3)n2)c(=O)n(-c2ccccc2)n1C. The van der Waals surface area contributed by atoms with Crippen molar-refractivity contribution < 1.29 is 4.79 Å². The van der Waals surface area contributed by atoms with Crippen molar-refractivity contribution in [1.82, 2.24) is 29.5 Å². The van der Waals surface area contributed by atoms with E-state index in [1.165, 1.54) is 16.4 Å². The first-order valence-electron chi connectivity index (χ1n) is 9.14. The number of hydrogen-bond donors (Lipinski definition) is 2. The van der Waals surface area contributed by atoms with E-state index < -0.39 is 0 Å². The molecule has 0 saturated heterocycles. The minimum atomic E-state index is -0.304. The van der Waals surface area contributed by atoms with E-state index in [-0.39, 0.29) is 22.9 Å². The van der Waals surface area contributed by atoms with E-state index in [1.807, 2.05) is 42.5 Å². The van der Waals surface area contributed by atoms with Gasteiger partial charge in [-0.3, -0.25) is 24.4 Å². The molecule has 3 aromatic heterocycles. The lowest BCUT2D eigenvalue weighted by atomic mass is 10.3. The lowest BCUT2D eigenvalue weighted by Gasteiger charge is -2.07. The van der Waals surface area contributed by atoms with Crippen LogP contribution in [0.4, 0.5) is 5.69 Å². The molecule has 10 heteroatoms. The van der Waals surface area contributed by atoms with E-state index in [2.05, 4.69) is 25.5 Å². The number of carbonyl (C=O) groups excluding carboxylic acids is 1. The van der Waals surface area contributed by atoms with Crippen molar-refractivity contribution in [2.45, 2.75) is 12.1 Å². The highest BCUT2D eigenvalue weighted by atomic mass is 32.2. The Morgan fingerprint density at radius 1 is 1.17 bits per heavy atom. The summed E-state index contributed by atoms with van der Waals surface area (Å²) < 4.78 is 3.24. The van der Waals surface area contributed by atoms with Gasteiger partial charge >= 0.3 is 0 Å². The van der Waals surface area contributed by atoms with Crippen molar-refractivity contribution in [3.63, 3.8) is 0 Å². The molecule has 0 aliphatic carbocycles. The Balaban J connectivity index is 1.45. The monoisotopic (exact) mass is 421 g/mol. The number of aromatic nitrogens is 6. The molecule has 3 heterocycles. The van der Waals surface area contributed by atoms with Gasteiger partial charge in [0.1, 0.15) is 5.69 Å². The molecule has 152 valence electrons. The third kappa shape index (κ3) is 3.90. The van der Waals surface area contributed by atoms with Crippen molar-refractivity contribution in [3.05, 3.63) is 70.9 Å².